The molecule has 2 rings (SSSR count). The first-order valence-corrected chi connectivity index (χ1v) is 7.30. The Kier molecular flexibility index (Phi) is 4.04. The summed E-state index contributed by atoms with van der Waals surface area (Å²) in [7, 11) is 0. The molecule has 94 valence electrons. The zero-order valence-corrected chi connectivity index (χ0v) is 11.8. The van der Waals surface area contributed by atoms with Gasteiger partial charge in [0, 0.05) is 16.0 Å². The lowest BCUT2D eigenvalue weighted by atomic mass is 10.1. The zero-order valence-electron chi connectivity index (χ0n) is 10.1. The van der Waals surface area contributed by atoms with Gasteiger partial charge in [0.1, 0.15) is 5.01 Å². The minimum Gasteiger partial charge on any atom is -0.478 e. The van der Waals surface area contributed by atoms with Crippen LogP contribution in [-0.2, 0) is 5.75 Å². The average molecular weight is 279 g/mol. The first-order chi connectivity index (χ1) is 8.56. The number of aromatic carboxylic acids is 1. The SMILES string of the molecule is Cc1csc(CSc2ccc(C)c(C(=O)O)c2)n1. The van der Waals surface area contributed by atoms with Gasteiger partial charge in [-0.05, 0) is 31.5 Å². The summed E-state index contributed by atoms with van der Waals surface area (Å²) in [5.41, 5.74) is 2.19. The number of hydrogen-bond donors (Lipinski definition) is 1. The number of thioether (sulfide) groups is 1. The van der Waals surface area contributed by atoms with Crippen molar-refractivity contribution in [2.24, 2.45) is 0 Å². The number of hydrogen-bond acceptors (Lipinski definition) is 4. The highest BCUT2D eigenvalue weighted by molar-refractivity contribution is 7.98. The zero-order chi connectivity index (χ0) is 13.1. The molecule has 18 heavy (non-hydrogen) atoms. The molecule has 1 aromatic heterocycles. The quantitative estimate of drug-likeness (QED) is 0.866. The van der Waals surface area contributed by atoms with Gasteiger partial charge in [0.2, 0.25) is 0 Å². The van der Waals surface area contributed by atoms with E-state index in [1.165, 1.54) is 0 Å². The Balaban J connectivity index is 2.10. The van der Waals surface area contributed by atoms with Crippen LogP contribution in [0, 0.1) is 13.8 Å². The number of thiazole rings is 1. The number of carboxylic acids is 1. The molecule has 0 unspecified atom stereocenters. The van der Waals surface area contributed by atoms with E-state index in [-0.39, 0.29) is 0 Å². The van der Waals surface area contributed by atoms with Gasteiger partial charge in [0.25, 0.3) is 0 Å². The van der Waals surface area contributed by atoms with Crippen LogP contribution in [0.2, 0.25) is 0 Å². The van der Waals surface area contributed by atoms with E-state index < -0.39 is 5.97 Å². The lowest BCUT2D eigenvalue weighted by Crippen LogP contribution is -1.99. The molecular weight excluding hydrogens is 266 g/mol. The van der Waals surface area contributed by atoms with Crippen molar-refractivity contribution in [3.63, 3.8) is 0 Å². The van der Waals surface area contributed by atoms with Crippen LogP contribution in [0.25, 0.3) is 0 Å². The Morgan fingerprint density at radius 1 is 1.44 bits per heavy atom. The summed E-state index contributed by atoms with van der Waals surface area (Å²) in [6.45, 7) is 3.78. The normalized spacial score (nSPS) is 10.6. The van der Waals surface area contributed by atoms with Crippen LogP contribution in [0.5, 0.6) is 0 Å². The summed E-state index contributed by atoms with van der Waals surface area (Å²) in [6.07, 6.45) is 0. The molecule has 0 radical (unpaired) electrons. The van der Waals surface area contributed by atoms with Crippen molar-refractivity contribution in [3.8, 4) is 0 Å². The van der Waals surface area contributed by atoms with Crippen molar-refractivity contribution in [1.82, 2.24) is 4.98 Å². The fourth-order valence-corrected chi connectivity index (χ4v) is 3.26. The second-order valence-corrected chi connectivity index (χ2v) is 5.94. The molecule has 0 fully saturated rings. The van der Waals surface area contributed by atoms with Crippen LogP contribution in [0.1, 0.15) is 26.6 Å². The van der Waals surface area contributed by atoms with Gasteiger partial charge in [-0.2, -0.15) is 0 Å². The van der Waals surface area contributed by atoms with Crippen molar-refractivity contribution in [3.05, 3.63) is 45.4 Å². The van der Waals surface area contributed by atoms with E-state index in [4.69, 9.17) is 5.11 Å². The molecule has 0 spiro atoms. The summed E-state index contributed by atoms with van der Waals surface area (Å²) in [5, 5.41) is 12.1. The maximum absolute atomic E-state index is 11.0. The highest BCUT2D eigenvalue weighted by Crippen LogP contribution is 2.26. The van der Waals surface area contributed by atoms with Gasteiger partial charge in [-0.25, -0.2) is 9.78 Å². The molecule has 0 aliphatic heterocycles. The minimum absolute atomic E-state index is 0.371. The van der Waals surface area contributed by atoms with Gasteiger partial charge >= 0.3 is 5.97 Å². The van der Waals surface area contributed by atoms with Gasteiger partial charge in [0.05, 0.1) is 11.3 Å². The fourth-order valence-electron chi connectivity index (χ4n) is 1.54. The minimum atomic E-state index is -0.875. The van der Waals surface area contributed by atoms with Crippen LogP contribution in [0.15, 0.2) is 28.5 Å². The van der Waals surface area contributed by atoms with Crippen molar-refractivity contribution in [1.29, 1.82) is 0 Å². The molecule has 0 atom stereocenters. The first-order valence-electron chi connectivity index (χ1n) is 5.44. The monoisotopic (exact) mass is 279 g/mol. The Labute approximate surface area is 114 Å². The topological polar surface area (TPSA) is 50.2 Å². The Bertz CT molecular complexity index is 578. The Morgan fingerprint density at radius 3 is 2.83 bits per heavy atom. The third-order valence-electron chi connectivity index (χ3n) is 2.47. The molecule has 0 bridgehead atoms. The van der Waals surface area contributed by atoms with E-state index in [1.807, 2.05) is 31.4 Å². The van der Waals surface area contributed by atoms with Crippen molar-refractivity contribution >= 4 is 29.1 Å². The molecule has 0 aliphatic rings. The van der Waals surface area contributed by atoms with Gasteiger partial charge in [-0.1, -0.05) is 6.07 Å². The van der Waals surface area contributed by atoms with Crippen molar-refractivity contribution in [2.45, 2.75) is 24.5 Å². The summed E-state index contributed by atoms with van der Waals surface area (Å²) in [6, 6.07) is 5.52. The number of benzene rings is 1. The number of nitrogens with zero attached hydrogens (tertiary/aromatic N) is 1. The smallest absolute Gasteiger partial charge is 0.335 e. The number of carboxylic acid groups (broad SMARTS) is 1. The summed E-state index contributed by atoms with van der Waals surface area (Å²) in [4.78, 5) is 16.4. The van der Waals surface area contributed by atoms with Gasteiger partial charge in [0.15, 0.2) is 0 Å². The second kappa shape index (κ2) is 5.54. The number of rotatable bonds is 4. The van der Waals surface area contributed by atoms with Gasteiger partial charge < -0.3 is 5.11 Å². The summed E-state index contributed by atoms with van der Waals surface area (Å²) < 4.78 is 0. The molecule has 5 heteroatoms. The van der Waals surface area contributed by atoms with E-state index in [9.17, 15) is 4.79 Å². The predicted molar refractivity (Wildman–Crippen MR) is 74.6 cm³/mol. The van der Waals surface area contributed by atoms with E-state index in [0.29, 0.717) is 5.56 Å². The Morgan fingerprint density at radius 2 is 2.22 bits per heavy atom. The molecule has 0 saturated heterocycles. The summed E-state index contributed by atoms with van der Waals surface area (Å²) in [5.74, 6) is -0.0966. The fraction of sp³-hybridized carbons (Fsp3) is 0.231. The first kappa shape index (κ1) is 13.1. The maximum atomic E-state index is 11.0. The Hall–Kier alpha value is -1.33. The maximum Gasteiger partial charge on any atom is 0.335 e. The molecule has 3 nitrogen and oxygen atoms in total. The van der Waals surface area contributed by atoms with Crippen LogP contribution >= 0.6 is 23.1 Å². The number of carbonyl (C=O) groups is 1. The van der Waals surface area contributed by atoms with E-state index >= 15 is 0 Å². The standard InChI is InChI=1S/C13H13NO2S2/c1-8-3-4-10(5-11(8)13(15)16)17-7-12-14-9(2)6-18-12/h3-6H,7H2,1-2H3,(H,15,16). The molecule has 1 N–H and O–H groups in total. The molecule has 0 aliphatic carbocycles. The molecule has 1 heterocycles. The molecule has 2 aromatic rings. The lowest BCUT2D eigenvalue weighted by Gasteiger charge is -2.04. The van der Waals surface area contributed by atoms with E-state index in [2.05, 4.69) is 4.98 Å². The highest BCUT2D eigenvalue weighted by atomic mass is 32.2. The van der Waals surface area contributed by atoms with Crippen molar-refractivity contribution < 1.29 is 9.90 Å². The third-order valence-corrected chi connectivity index (χ3v) is 4.62. The second-order valence-electron chi connectivity index (χ2n) is 3.95. The summed E-state index contributed by atoms with van der Waals surface area (Å²) >= 11 is 3.25. The van der Waals surface area contributed by atoms with E-state index in [0.717, 1.165) is 26.9 Å². The predicted octanol–water partition coefficient (Wildman–Crippen LogP) is 3.75. The number of aryl methyl sites for hydroxylation is 2. The average Bonchev–Trinajstić information content (AvgIpc) is 2.74. The van der Waals surface area contributed by atoms with Crippen molar-refractivity contribution in [2.75, 3.05) is 0 Å². The van der Waals surface area contributed by atoms with Gasteiger partial charge in [-0.3, -0.25) is 0 Å². The van der Waals surface area contributed by atoms with Crippen LogP contribution in [0.3, 0.4) is 0 Å². The molecule has 0 saturated carbocycles. The largest absolute Gasteiger partial charge is 0.478 e. The van der Waals surface area contributed by atoms with Crippen LogP contribution in [0.4, 0.5) is 0 Å². The third kappa shape index (κ3) is 3.11. The van der Waals surface area contributed by atoms with Crippen LogP contribution < -0.4 is 0 Å². The van der Waals surface area contributed by atoms with Gasteiger partial charge in [-0.15, -0.1) is 23.1 Å². The van der Waals surface area contributed by atoms with Crippen LogP contribution in [-0.4, -0.2) is 16.1 Å². The molecule has 0 amide bonds. The molecule has 1 aromatic carbocycles. The number of aromatic nitrogens is 1. The lowest BCUT2D eigenvalue weighted by molar-refractivity contribution is 0.0696. The molecular formula is C13H13NO2S2. The van der Waals surface area contributed by atoms with E-state index in [1.54, 1.807) is 29.2 Å². The highest BCUT2D eigenvalue weighted by Gasteiger charge is 2.08.